The summed E-state index contributed by atoms with van der Waals surface area (Å²) in [5.74, 6) is 0.132. The Morgan fingerprint density at radius 2 is 1.54 bits per heavy atom. The number of carbonyl (C=O) groups excluding carboxylic acids is 2. The van der Waals surface area contributed by atoms with Crippen molar-refractivity contribution in [3.63, 3.8) is 0 Å². The number of benzene rings is 3. The summed E-state index contributed by atoms with van der Waals surface area (Å²) in [6.45, 7) is 5.25. The molecule has 0 spiro atoms. The molecule has 5 heteroatoms. The van der Waals surface area contributed by atoms with E-state index < -0.39 is 0 Å². The highest BCUT2D eigenvalue weighted by molar-refractivity contribution is 5.98. The van der Waals surface area contributed by atoms with E-state index in [0.29, 0.717) is 6.54 Å². The number of Topliss-reactive ketones (excluding diaryl/α,β-unsaturated/α-hetero) is 1. The number of nitrogens with one attached hydrogen (secondary N) is 1. The van der Waals surface area contributed by atoms with Crippen molar-refractivity contribution in [2.75, 3.05) is 26.2 Å². The normalized spacial score (nSPS) is 17.7. The molecule has 37 heavy (non-hydrogen) atoms. The highest BCUT2D eigenvalue weighted by atomic mass is 16.2. The van der Waals surface area contributed by atoms with Gasteiger partial charge in [-0.3, -0.25) is 14.5 Å². The summed E-state index contributed by atoms with van der Waals surface area (Å²) in [7, 11) is 0. The first-order valence-electron chi connectivity index (χ1n) is 13.6. The minimum atomic E-state index is 0.0603. The Balaban J connectivity index is 1.24. The molecule has 5 nitrogen and oxygen atoms in total. The first-order chi connectivity index (χ1) is 18.2. The van der Waals surface area contributed by atoms with Crippen molar-refractivity contribution in [3.8, 4) is 0 Å². The summed E-state index contributed by atoms with van der Waals surface area (Å²) in [6, 6.07) is 26.9. The summed E-state index contributed by atoms with van der Waals surface area (Å²) in [5.41, 5.74) is 5.75. The second kappa shape index (κ2) is 12.3. The number of rotatable bonds is 9. The van der Waals surface area contributed by atoms with Crippen molar-refractivity contribution in [2.45, 2.75) is 51.2 Å². The average molecular weight is 496 g/mol. The van der Waals surface area contributed by atoms with Crippen LogP contribution in [0.3, 0.4) is 0 Å². The molecule has 0 saturated carbocycles. The lowest BCUT2D eigenvalue weighted by Gasteiger charge is -2.30. The second-order valence-corrected chi connectivity index (χ2v) is 10.3. The molecule has 2 heterocycles. The third-order valence-electron chi connectivity index (χ3n) is 7.69. The van der Waals surface area contributed by atoms with Gasteiger partial charge in [-0.05, 0) is 60.7 Å². The Morgan fingerprint density at radius 3 is 2.30 bits per heavy atom. The highest BCUT2D eigenvalue weighted by Crippen LogP contribution is 2.23. The maximum Gasteiger partial charge on any atom is 0.223 e. The molecule has 0 bridgehead atoms. The van der Waals surface area contributed by atoms with Gasteiger partial charge in [-0.25, -0.2) is 0 Å². The number of hydrogen-bond donors (Lipinski definition) is 1. The Morgan fingerprint density at radius 1 is 0.838 bits per heavy atom. The van der Waals surface area contributed by atoms with Crippen LogP contribution in [0.2, 0.25) is 0 Å². The van der Waals surface area contributed by atoms with Crippen LogP contribution in [0, 0.1) is 0 Å². The van der Waals surface area contributed by atoms with Crippen LogP contribution in [0.25, 0.3) is 0 Å². The van der Waals surface area contributed by atoms with E-state index in [1.165, 1.54) is 16.7 Å². The van der Waals surface area contributed by atoms with Gasteiger partial charge in [-0.15, -0.1) is 0 Å². The highest BCUT2D eigenvalue weighted by Gasteiger charge is 2.31. The van der Waals surface area contributed by atoms with Gasteiger partial charge in [0.1, 0.15) is 0 Å². The van der Waals surface area contributed by atoms with Gasteiger partial charge < -0.3 is 10.2 Å². The molecule has 192 valence electrons. The molecule has 1 fully saturated rings. The van der Waals surface area contributed by atoms with Crippen molar-refractivity contribution in [1.29, 1.82) is 0 Å². The molecule has 1 atom stereocenters. The van der Waals surface area contributed by atoms with Gasteiger partial charge in [-0.2, -0.15) is 0 Å². The third-order valence-corrected chi connectivity index (χ3v) is 7.69. The van der Waals surface area contributed by atoms with Crippen molar-refractivity contribution < 1.29 is 9.59 Å². The molecule has 0 radical (unpaired) electrons. The Bertz CT molecular complexity index is 1200. The van der Waals surface area contributed by atoms with E-state index in [2.05, 4.69) is 58.7 Å². The van der Waals surface area contributed by atoms with E-state index in [0.717, 1.165) is 63.1 Å². The molecule has 2 aliphatic heterocycles. The minimum Gasteiger partial charge on any atom is -0.334 e. The van der Waals surface area contributed by atoms with E-state index in [-0.39, 0.29) is 30.6 Å². The van der Waals surface area contributed by atoms with Gasteiger partial charge in [0.25, 0.3) is 0 Å². The van der Waals surface area contributed by atoms with Crippen LogP contribution in [-0.2, 0) is 30.7 Å². The van der Waals surface area contributed by atoms with Crippen LogP contribution in [-0.4, -0.2) is 53.7 Å². The molecule has 0 aliphatic carbocycles. The van der Waals surface area contributed by atoms with Crippen LogP contribution >= 0.6 is 0 Å². The van der Waals surface area contributed by atoms with E-state index in [1.807, 2.05) is 35.2 Å². The number of amides is 1. The topological polar surface area (TPSA) is 52.7 Å². The lowest BCUT2D eigenvalue weighted by Crippen LogP contribution is -2.41. The quantitative estimate of drug-likeness (QED) is 0.440. The Kier molecular flexibility index (Phi) is 8.44. The molecule has 3 aromatic carbocycles. The fourth-order valence-corrected chi connectivity index (χ4v) is 5.61. The van der Waals surface area contributed by atoms with Crippen LogP contribution in [0.15, 0.2) is 78.9 Å². The minimum absolute atomic E-state index is 0.0603. The molecule has 2 aliphatic rings. The maximum absolute atomic E-state index is 13.6. The number of ketones is 1. The van der Waals surface area contributed by atoms with Crippen LogP contribution < -0.4 is 5.32 Å². The lowest BCUT2D eigenvalue weighted by atomic mass is 9.97. The van der Waals surface area contributed by atoms with Crippen molar-refractivity contribution in [3.05, 3.63) is 107 Å². The van der Waals surface area contributed by atoms with Crippen molar-refractivity contribution >= 4 is 11.7 Å². The van der Waals surface area contributed by atoms with Crippen LogP contribution in [0.4, 0.5) is 0 Å². The average Bonchev–Trinajstić information content (AvgIpc) is 3.26. The molecular weight excluding hydrogens is 458 g/mol. The summed E-state index contributed by atoms with van der Waals surface area (Å²) < 4.78 is 0. The molecule has 3 aromatic rings. The van der Waals surface area contributed by atoms with E-state index in [9.17, 15) is 9.59 Å². The van der Waals surface area contributed by atoms with E-state index in [4.69, 9.17) is 0 Å². The first kappa shape index (κ1) is 25.4. The molecule has 1 unspecified atom stereocenters. The number of likely N-dealkylation sites (tertiary alicyclic amines) is 1. The van der Waals surface area contributed by atoms with Gasteiger partial charge in [0.15, 0.2) is 5.78 Å². The van der Waals surface area contributed by atoms with E-state index in [1.54, 1.807) is 0 Å². The predicted molar refractivity (Wildman–Crippen MR) is 147 cm³/mol. The van der Waals surface area contributed by atoms with Crippen molar-refractivity contribution in [2.24, 2.45) is 0 Å². The van der Waals surface area contributed by atoms with Gasteiger partial charge in [0.05, 0.1) is 0 Å². The van der Waals surface area contributed by atoms with Gasteiger partial charge in [0, 0.05) is 50.6 Å². The van der Waals surface area contributed by atoms with Crippen molar-refractivity contribution in [1.82, 2.24) is 15.1 Å². The molecule has 0 aromatic heterocycles. The summed E-state index contributed by atoms with van der Waals surface area (Å²) in [5, 5.41) is 3.42. The Hall–Kier alpha value is -3.28. The number of hydrogen-bond acceptors (Lipinski definition) is 4. The standard InChI is InChI=1S/C32H37N3O2/c36-31(29-12-11-27-15-18-33-19-16-28(27)21-29)13-14-32(37)35(23-26-9-5-2-6-10-26)30-17-20-34(24-30)22-25-7-3-1-4-8-25/h1-12,21,30,33H,13-20,22-24H2. The summed E-state index contributed by atoms with van der Waals surface area (Å²) in [6.07, 6.45) is 3.40. The molecule has 5 rings (SSSR count). The SMILES string of the molecule is O=C(CCC(=O)N(Cc1ccccc1)C1CCN(Cc2ccccc2)C1)c1ccc2c(c1)CCNCC2. The van der Waals surface area contributed by atoms with Crippen LogP contribution in [0.1, 0.15) is 51.9 Å². The maximum atomic E-state index is 13.6. The summed E-state index contributed by atoms with van der Waals surface area (Å²) >= 11 is 0. The van der Waals surface area contributed by atoms with Gasteiger partial charge in [0.2, 0.25) is 5.91 Å². The number of nitrogens with zero attached hydrogens (tertiary/aromatic N) is 2. The lowest BCUT2D eigenvalue weighted by molar-refractivity contribution is -0.134. The molecule has 1 saturated heterocycles. The van der Waals surface area contributed by atoms with Gasteiger partial charge >= 0.3 is 0 Å². The second-order valence-electron chi connectivity index (χ2n) is 10.3. The third kappa shape index (κ3) is 6.73. The molecule has 1 N–H and O–H groups in total. The number of fused-ring (bicyclic) bond motifs is 1. The monoisotopic (exact) mass is 495 g/mol. The summed E-state index contributed by atoms with van der Waals surface area (Å²) in [4.78, 5) is 31.1. The fourth-order valence-electron chi connectivity index (χ4n) is 5.61. The smallest absolute Gasteiger partial charge is 0.223 e. The molecular formula is C32H37N3O2. The first-order valence-corrected chi connectivity index (χ1v) is 13.6. The molecule has 1 amide bonds. The van der Waals surface area contributed by atoms with E-state index >= 15 is 0 Å². The zero-order chi connectivity index (χ0) is 25.5. The predicted octanol–water partition coefficient (Wildman–Crippen LogP) is 4.64. The zero-order valence-corrected chi connectivity index (χ0v) is 21.6. The van der Waals surface area contributed by atoms with Crippen LogP contribution in [0.5, 0.6) is 0 Å². The largest absolute Gasteiger partial charge is 0.334 e. The number of carbonyl (C=O) groups is 2. The Labute approximate surface area is 220 Å². The van der Waals surface area contributed by atoms with Gasteiger partial charge in [-0.1, -0.05) is 72.8 Å². The fraction of sp³-hybridized carbons (Fsp3) is 0.375. The zero-order valence-electron chi connectivity index (χ0n) is 21.6.